The molecule has 1 heterocycles. The van der Waals surface area contributed by atoms with E-state index in [1.807, 2.05) is 39.0 Å². The second kappa shape index (κ2) is 10.5. The van der Waals surface area contributed by atoms with Crippen LogP contribution in [-0.4, -0.2) is 28.6 Å². The quantitative estimate of drug-likeness (QED) is 0.426. The number of carbonyl (C=O) groups is 1. The Kier molecular flexibility index (Phi) is 7.71. The van der Waals surface area contributed by atoms with E-state index in [0.717, 1.165) is 5.56 Å². The normalized spacial score (nSPS) is 12.2. The number of nitrogens with two attached hydrogens (primary N) is 1. The Labute approximate surface area is 199 Å². The van der Waals surface area contributed by atoms with E-state index in [1.54, 1.807) is 37.3 Å². The molecular formula is C26H31FN4O3. The molecule has 0 fully saturated rings. The minimum Gasteiger partial charge on any atom is -0.494 e. The van der Waals surface area contributed by atoms with Crippen LogP contribution in [0.5, 0.6) is 11.5 Å². The van der Waals surface area contributed by atoms with Crippen molar-refractivity contribution < 1.29 is 18.7 Å². The van der Waals surface area contributed by atoms with E-state index in [1.165, 1.54) is 7.11 Å². The number of methoxy groups -OCH3 is 1. The van der Waals surface area contributed by atoms with Gasteiger partial charge in [-0.1, -0.05) is 32.0 Å². The molecule has 0 radical (unpaired) electrons. The Hall–Kier alpha value is -3.68. The van der Waals surface area contributed by atoms with Crippen LogP contribution < -0.4 is 20.5 Å². The summed E-state index contributed by atoms with van der Waals surface area (Å²) in [5, 5.41) is 3.35. The van der Waals surface area contributed by atoms with Crippen molar-refractivity contribution in [3.8, 4) is 22.8 Å². The number of primary amides is 1. The molecule has 3 aromatic rings. The number of hydrogen-bond donors (Lipinski definition) is 2. The summed E-state index contributed by atoms with van der Waals surface area (Å²) in [6.07, 6.45) is 0.946. The number of amides is 1. The first-order valence-corrected chi connectivity index (χ1v) is 11.3. The first-order valence-electron chi connectivity index (χ1n) is 11.3. The van der Waals surface area contributed by atoms with Crippen molar-refractivity contribution in [3.63, 3.8) is 0 Å². The third-order valence-corrected chi connectivity index (χ3v) is 5.92. The number of nitrogens with one attached hydrogen (secondary N) is 1. The van der Waals surface area contributed by atoms with Crippen LogP contribution in [0, 0.1) is 12.7 Å². The predicted octanol–water partition coefficient (Wildman–Crippen LogP) is 5.20. The van der Waals surface area contributed by atoms with E-state index >= 15 is 0 Å². The second-order valence-corrected chi connectivity index (χ2v) is 8.11. The highest BCUT2D eigenvalue weighted by Crippen LogP contribution is 2.31. The standard InChI is InChI=1S/C26H31FN4O3/c1-6-26(7-2,25(28)32)34-19-11-8-10-18(14-19)16(3)29-23-15-21(30-17(4)31-23)20-12-9-13-22(33-5)24(20)27/h8-16H,6-7H2,1-5H3,(H2,28,32)(H,29,30,31). The fraction of sp³-hybridized carbons (Fsp3) is 0.346. The lowest BCUT2D eigenvalue weighted by Gasteiger charge is -2.29. The van der Waals surface area contributed by atoms with Gasteiger partial charge >= 0.3 is 0 Å². The molecule has 1 amide bonds. The zero-order valence-electron chi connectivity index (χ0n) is 20.2. The van der Waals surface area contributed by atoms with Gasteiger partial charge in [-0.2, -0.15) is 0 Å². The van der Waals surface area contributed by atoms with Gasteiger partial charge in [0, 0.05) is 11.6 Å². The van der Waals surface area contributed by atoms with Crippen LogP contribution in [0.2, 0.25) is 0 Å². The van der Waals surface area contributed by atoms with Crippen molar-refractivity contribution in [2.75, 3.05) is 12.4 Å². The van der Waals surface area contributed by atoms with E-state index in [4.69, 9.17) is 15.2 Å². The molecule has 0 aliphatic carbocycles. The third-order valence-electron chi connectivity index (χ3n) is 5.92. The monoisotopic (exact) mass is 466 g/mol. The number of halogens is 1. The van der Waals surface area contributed by atoms with Crippen LogP contribution in [0.4, 0.5) is 10.2 Å². The Morgan fingerprint density at radius 1 is 1.15 bits per heavy atom. The minimum atomic E-state index is -1.05. The van der Waals surface area contributed by atoms with Gasteiger partial charge in [-0.05, 0) is 56.5 Å². The summed E-state index contributed by atoms with van der Waals surface area (Å²) in [6.45, 7) is 7.49. The van der Waals surface area contributed by atoms with Crippen LogP contribution >= 0.6 is 0 Å². The number of anilines is 1. The number of aryl methyl sites for hydroxylation is 1. The molecule has 0 saturated heterocycles. The Bertz CT molecular complexity index is 1160. The van der Waals surface area contributed by atoms with Crippen molar-refractivity contribution >= 4 is 11.7 Å². The number of ether oxygens (including phenoxy) is 2. The number of nitrogens with zero attached hydrogens (tertiary/aromatic N) is 2. The molecule has 1 unspecified atom stereocenters. The van der Waals surface area contributed by atoms with E-state index in [-0.39, 0.29) is 11.8 Å². The Morgan fingerprint density at radius 3 is 2.50 bits per heavy atom. The smallest absolute Gasteiger partial charge is 0.261 e. The first kappa shape index (κ1) is 25.0. The van der Waals surface area contributed by atoms with Crippen molar-refractivity contribution in [3.05, 3.63) is 65.7 Å². The molecule has 8 heteroatoms. The lowest BCUT2D eigenvalue weighted by atomic mass is 9.96. The number of carbonyl (C=O) groups excluding carboxylic acids is 1. The van der Waals surface area contributed by atoms with Gasteiger partial charge in [0.1, 0.15) is 17.4 Å². The van der Waals surface area contributed by atoms with E-state index < -0.39 is 17.3 Å². The second-order valence-electron chi connectivity index (χ2n) is 8.11. The maximum absolute atomic E-state index is 14.8. The molecule has 0 aliphatic heterocycles. The molecule has 2 aromatic carbocycles. The summed E-state index contributed by atoms with van der Waals surface area (Å²) in [4.78, 5) is 20.9. The lowest BCUT2D eigenvalue weighted by Crippen LogP contribution is -2.48. The zero-order valence-corrected chi connectivity index (χ0v) is 20.2. The largest absolute Gasteiger partial charge is 0.494 e. The lowest BCUT2D eigenvalue weighted by molar-refractivity contribution is -0.134. The van der Waals surface area contributed by atoms with Crippen LogP contribution in [0.3, 0.4) is 0 Å². The molecule has 0 saturated carbocycles. The fourth-order valence-corrected chi connectivity index (χ4v) is 3.82. The predicted molar refractivity (Wildman–Crippen MR) is 130 cm³/mol. The zero-order chi connectivity index (χ0) is 24.9. The summed E-state index contributed by atoms with van der Waals surface area (Å²) in [5.74, 6) is 0.812. The third kappa shape index (κ3) is 5.27. The number of hydrogen-bond acceptors (Lipinski definition) is 6. The van der Waals surface area contributed by atoms with Gasteiger partial charge in [-0.25, -0.2) is 14.4 Å². The molecule has 0 bridgehead atoms. The molecule has 0 spiro atoms. The van der Waals surface area contributed by atoms with Gasteiger partial charge in [-0.15, -0.1) is 0 Å². The van der Waals surface area contributed by atoms with Gasteiger partial charge in [0.2, 0.25) is 0 Å². The van der Waals surface area contributed by atoms with Crippen molar-refractivity contribution in [2.45, 2.75) is 52.2 Å². The van der Waals surface area contributed by atoms with Crippen LogP contribution in [-0.2, 0) is 4.79 Å². The highest BCUT2D eigenvalue weighted by Gasteiger charge is 2.35. The molecule has 180 valence electrons. The van der Waals surface area contributed by atoms with Crippen LogP contribution in [0.1, 0.15) is 51.0 Å². The molecule has 1 atom stereocenters. The SMILES string of the molecule is CCC(CC)(Oc1cccc(C(C)Nc2cc(-c3cccc(OC)c3F)nc(C)n2)c1)C(N)=O. The summed E-state index contributed by atoms with van der Waals surface area (Å²) in [5.41, 5.74) is 6.28. The maximum atomic E-state index is 14.8. The maximum Gasteiger partial charge on any atom is 0.261 e. The van der Waals surface area contributed by atoms with Crippen molar-refractivity contribution in [1.29, 1.82) is 0 Å². The molecule has 7 nitrogen and oxygen atoms in total. The summed E-state index contributed by atoms with van der Waals surface area (Å²) >= 11 is 0. The minimum absolute atomic E-state index is 0.152. The molecular weight excluding hydrogens is 435 g/mol. The average Bonchev–Trinajstić information content (AvgIpc) is 2.82. The van der Waals surface area contributed by atoms with Gasteiger partial charge in [0.25, 0.3) is 5.91 Å². The van der Waals surface area contributed by atoms with Crippen LogP contribution in [0.25, 0.3) is 11.3 Å². The fourth-order valence-electron chi connectivity index (χ4n) is 3.82. The van der Waals surface area contributed by atoms with Gasteiger partial charge in [0.05, 0.1) is 18.8 Å². The van der Waals surface area contributed by atoms with Crippen molar-refractivity contribution in [2.24, 2.45) is 5.73 Å². The van der Waals surface area contributed by atoms with Gasteiger partial charge < -0.3 is 20.5 Å². The van der Waals surface area contributed by atoms with Crippen LogP contribution in [0.15, 0.2) is 48.5 Å². The number of benzene rings is 2. The first-order chi connectivity index (χ1) is 16.2. The van der Waals surface area contributed by atoms with Gasteiger partial charge in [0.15, 0.2) is 17.2 Å². The molecule has 1 aromatic heterocycles. The van der Waals surface area contributed by atoms with E-state index in [2.05, 4.69) is 15.3 Å². The Balaban J connectivity index is 1.86. The topological polar surface area (TPSA) is 99.4 Å². The molecule has 34 heavy (non-hydrogen) atoms. The summed E-state index contributed by atoms with van der Waals surface area (Å²) in [7, 11) is 1.43. The summed E-state index contributed by atoms with van der Waals surface area (Å²) in [6, 6.07) is 14.0. The highest BCUT2D eigenvalue weighted by molar-refractivity contribution is 5.83. The number of rotatable bonds is 10. The number of aromatic nitrogens is 2. The van der Waals surface area contributed by atoms with Gasteiger partial charge in [-0.3, -0.25) is 4.79 Å². The van der Waals surface area contributed by atoms with E-state index in [9.17, 15) is 9.18 Å². The van der Waals surface area contributed by atoms with E-state index in [0.29, 0.717) is 41.5 Å². The molecule has 3 N–H and O–H groups in total. The molecule has 3 rings (SSSR count). The average molecular weight is 467 g/mol. The van der Waals surface area contributed by atoms with Crippen molar-refractivity contribution in [1.82, 2.24) is 9.97 Å². The Morgan fingerprint density at radius 2 is 1.85 bits per heavy atom. The molecule has 0 aliphatic rings. The summed E-state index contributed by atoms with van der Waals surface area (Å²) < 4.78 is 25.9. The highest BCUT2D eigenvalue weighted by atomic mass is 19.1.